The average molecular weight is 278 g/mol. The molecule has 1 rings (SSSR count). The first-order chi connectivity index (χ1) is 9.61. The Morgan fingerprint density at radius 3 is 2.25 bits per heavy atom. The standard InChI is InChI=1S/C15H22N2O3/c1-12-3-5-13(6-4-12)7-8-14(18)16-9-10-17-15(19)11-20-2/h3-6H,7-11H2,1-2H3,(H,16,18)(H,17,19). The summed E-state index contributed by atoms with van der Waals surface area (Å²) in [6.07, 6.45) is 1.18. The Morgan fingerprint density at radius 1 is 1.05 bits per heavy atom. The fourth-order valence-corrected chi connectivity index (χ4v) is 1.69. The van der Waals surface area contributed by atoms with Crippen molar-refractivity contribution in [1.29, 1.82) is 0 Å². The molecule has 0 spiro atoms. The molecule has 5 nitrogen and oxygen atoms in total. The summed E-state index contributed by atoms with van der Waals surface area (Å²) >= 11 is 0. The molecule has 0 bridgehead atoms. The maximum Gasteiger partial charge on any atom is 0.246 e. The van der Waals surface area contributed by atoms with Gasteiger partial charge in [0.25, 0.3) is 0 Å². The predicted octanol–water partition coefficient (Wildman–Crippen LogP) is 0.806. The summed E-state index contributed by atoms with van der Waals surface area (Å²) in [5.41, 5.74) is 2.36. The quantitative estimate of drug-likeness (QED) is 0.691. The van der Waals surface area contributed by atoms with Crippen molar-refractivity contribution in [2.24, 2.45) is 0 Å². The van der Waals surface area contributed by atoms with Crippen molar-refractivity contribution in [2.75, 3.05) is 26.8 Å². The van der Waals surface area contributed by atoms with Crippen molar-refractivity contribution >= 4 is 11.8 Å². The van der Waals surface area contributed by atoms with Gasteiger partial charge < -0.3 is 15.4 Å². The van der Waals surface area contributed by atoms with Gasteiger partial charge in [0.15, 0.2) is 0 Å². The molecule has 20 heavy (non-hydrogen) atoms. The molecular formula is C15H22N2O3. The first kappa shape index (κ1) is 16.2. The first-order valence-corrected chi connectivity index (χ1v) is 6.69. The molecule has 0 aliphatic carbocycles. The lowest BCUT2D eigenvalue weighted by Crippen LogP contribution is -2.36. The fraction of sp³-hybridized carbons (Fsp3) is 0.467. The van der Waals surface area contributed by atoms with Gasteiger partial charge >= 0.3 is 0 Å². The van der Waals surface area contributed by atoms with Crippen LogP contribution in [0.5, 0.6) is 0 Å². The van der Waals surface area contributed by atoms with E-state index in [1.807, 2.05) is 31.2 Å². The summed E-state index contributed by atoms with van der Waals surface area (Å²) in [7, 11) is 1.46. The molecular weight excluding hydrogens is 256 g/mol. The molecule has 0 aliphatic heterocycles. The highest BCUT2D eigenvalue weighted by molar-refractivity contribution is 5.77. The zero-order valence-electron chi connectivity index (χ0n) is 12.1. The Bertz CT molecular complexity index is 429. The van der Waals surface area contributed by atoms with E-state index in [4.69, 9.17) is 0 Å². The predicted molar refractivity (Wildman–Crippen MR) is 77.4 cm³/mol. The van der Waals surface area contributed by atoms with Crippen molar-refractivity contribution in [2.45, 2.75) is 19.8 Å². The van der Waals surface area contributed by atoms with Gasteiger partial charge in [0.1, 0.15) is 6.61 Å². The normalized spacial score (nSPS) is 10.1. The number of carbonyl (C=O) groups is 2. The Labute approximate surface area is 119 Å². The summed E-state index contributed by atoms with van der Waals surface area (Å²) in [6.45, 7) is 2.93. The maximum atomic E-state index is 11.6. The van der Waals surface area contributed by atoms with Crippen LogP contribution in [0.4, 0.5) is 0 Å². The highest BCUT2D eigenvalue weighted by Crippen LogP contribution is 2.05. The summed E-state index contributed by atoms with van der Waals surface area (Å²) in [5, 5.41) is 5.41. The molecule has 2 amide bonds. The zero-order valence-corrected chi connectivity index (χ0v) is 12.1. The molecule has 0 aliphatic rings. The van der Waals surface area contributed by atoms with E-state index in [0.29, 0.717) is 19.5 Å². The minimum Gasteiger partial charge on any atom is -0.375 e. The molecule has 0 aromatic heterocycles. The van der Waals surface area contributed by atoms with Crippen molar-refractivity contribution in [1.82, 2.24) is 10.6 Å². The second kappa shape index (κ2) is 9.09. The SMILES string of the molecule is COCC(=O)NCCNC(=O)CCc1ccc(C)cc1. The summed E-state index contributed by atoms with van der Waals surface area (Å²) in [5.74, 6) is -0.187. The Morgan fingerprint density at radius 2 is 1.65 bits per heavy atom. The van der Waals surface area contributed by atoms with E-state index >= 15 is 0 Å². The van der Waals surface area contributed by atoms with E-state index in [2.05, 4.69) is 15.4 Å². The second-order valence-electron chi connectivity index (χ2n) is 4.62. The molecule has 5 heteroatoms. The number of nitrogens with one attached hydrogen (secondary N) is 2. The molecule has 0 radical (unpaired) electrons. The number of benzene rings is 1. The topological polar surface area (TPSA) is 67.4 Å². The van der Waals surface area contributed by atoms with Gasteiger partial charge in [-0.25, -0.2) is 0 Å². The zero-order chi connectivity index (χ0) is 14.8. The number of carbonyl (C=O) groups excluding carboxylic acids is 2. The van der Waals surface area contributed by atoms with Crippen molar-refractivity contribution in [3.8, 4) is 0 Å². The van der Waals surface area contributed by atoms with Gasteiger partial charge in [0.05, 0.1) is 0 Å². The van der Waals surface area contributed by atoms with Crippen LogP contribution in [0.15, 0.2) is 24.3 Å². The van der Waals surface area contributed by atoms with E-state index in [1.165, 1.54) is 12.7 Å². The number of amides is 2. The second-order valence-corrected chi connectivity index (χ2v) is 4.62. The van der Waals surface area contributed by atoms with Crippen LogP contribution in [-0.4, -0.2) is 38.6 Å². The summed E-state index contributed by atoms with van der Waals surface area (Å²) < 4.78 is 4.68. The molecule has 0 fully saturated rings. The Hall–Kier alpha value is -1.88. The van der Waals surface area contributed by atoms with Gasteiger partial charge in [-0.2, -0.15) is 0 Å². The molecule has 1 aromatic rings. The third-order valence-corrected chi connectivity index (χ3v) is 2.81. The lowest BCUT2D eigenvalue weighted by molar-refractivity contribution is -0.125. The van der Waals surface area contributed by atoms with Gasteiger partial charge in [0, 0.05) is 26.6 Å². The minimum atomic E-state index is -0.179. The van der Waals surface area contributed by atoms with Gasteiger partial charge in [0.2, 0.25) is 11.8 Å². The van der Waals surface area contributed by atoms with E-state index in [0.717, 1.165) is 12.0 Å². The highest BCUT2D eigenvalue weighted by Gasteiger charge is 2.03. The number of rotatable bonds is 8. The number of methoxy groups -OCH3 is 1. The Balaban J connectivity index is 2.11. The smallest absolute Gasteiger partial charge is 0.246 e. The molecule has 2 N–H and O–H groups in total. The first-order valence-electron chi connectivity index (χ1n) is 6.69. The average Bonchev–Trinajstić information content (AvgIpc) is 2.43. The molecule has 110 valence electrons. The van der Waals surface area contributed by atoms with Crippen molar-refractivity contribution in [3.05, 3.63) is 35.4 Å². The lowest BCUT2D eigenvalue weighted by Gasteiger charge is -2.07. The number of hydrogen-bond donors (Lipinski definition) is 2. The van der Waals surface area contributed by atoms with Gasteiger partial charge in [-0.05, 0) is 18.9 Å². The number of ether oxygens (including phenoxy) is 1. The van der Waals surface area contributed by atoms with Crippen molar-refractivity contribution < 1.29 is 14.3 Å². The molecule has 1 aromatic carbocycles. The van der Waals surface area contributed by atoms with Gasteiger partial charge in [-0.1, -0.05) is 29.8 Å². The van der Waals surface area contributed by atoms with E-state index in [1.54, 1.807) is 0 Å². The lowest BCUT2D eigenvalue weighted by atomic mass is 10.1. The molecule has 0 heterocycles. The molecule has 0 atom stereocenters. The van der Waals surface area contributed by atoms with Crippen LogP contribution in [-0.2, 0) is 20.7 Å². The molecule has 0 saturated carbocycles. The molecule has 0 unspecified atom stereocenters. The van der Waals surface area contributed by atoms with Crippen LogP contribution in [0, 0.1) is 6.92 Å². The van der Waals surface area contributed by atoms with Crippen LogP contribution in [0.3, 0.4) is 0 Å². The van der Waals surface area contributed by atoms with Crippen LogP contribution in [0.1, 0.15) is 17.5 Å². The van der Waals surface area contributed by atoms with Crippen LogP contribution >= 0.6 is 0 Å². The third-order valence-electron chi connectivity index (χ3n) is 2.81. The third kappa shape index (κ3) is 6.89. The van der Waals surface area contributed by atoms with E-state index in [9.17, 15) is 9.59 Å². The monoisotopic (exact) mass is 278 g/mol. The van der Waals surface area contributed by atoms with Crippen LogP contribution in [0.25, 0.3) is 0 Å². The summed E-state index contributed by atoms with van der Waals surface area (Å²) in [6, 6.07) is 8.15. The van der Waals surface area contributed by atoms with Crippen LogP contribution < -0.4 is 10.6 Å². The maximum absolute atomic E-state index is 11.6. The fourth-order valence-electron chi connectivity index (χ4n) is 1.69. The van der Waals surface area contributed by atoms with Gasteiger partial charge in [-0.15, -0.1) is 0 Å². The van der Waals surface area contributed by atoms with Gasteiger partial charge in [-0.3, -0.25) is 9.59 Å². The summed E-state index contributed by atoms with van der Waals surface area (Å²) in [4.78, 5) is 22.7. The van der Waals surface area contributed by atoms with Crippen LogP contribution in [0.2, 0.25) is 0 Å². The minimum absolute atomic E-state index is 0.00781. The highest BCUT2D eigenvalue weighted by atomic mass is 16.5. The van der Waals surface area contributed by atoms with Crippen molar-refractivity contribution in [3.63, 3.8) is 0 Å². The largest absolute Gasteiger partial charge is 0.375 e. The number of aryl methyl sites for hydroxylation is 2. The van der Waals surface area contributed by atoms with E-state index in [-0.39, 0.29) is 18.4 Å². The van der Waals surface area contributed by atoms with E-state index < -0.39 is 0 Å². The Kier molecular flexibility index (Phi) is 7.35. The molecule has 0 saturated heterocycles. The number of hydrogen-bond acceptors (Lipinski definition) is 3.